The van der Waals surface area contributed by atoms with Gasteiger partial charge >= 0.3 is 0 Å². The first kappa shape index (κ1) is 10.4. The standard InChI is InChI=1S/C11H8BrFO2/c12-7-3-4-8(9(13)6-7)11(14)10-2-1-5-15-10/h2-4,6H,1,5H2. The minimum Gasteiger partial charge on any atom is -0.489 e. The minimum absolute atomic E-state index is 0.0475. The van der Waals surface area contributed by atoms with Crippen molar-refractivity contribution in [3.63, 3.8) is 0 Å². The quantitative estimate of drug-likeness (QED) is 0.773. The maximum absolute atomic E-state index is 13.4. The van der Waals surface area contributed by atoms with Crippen LogP contribution < -0.4 is 0 Å². The molecule has 0 spiro atoms. The molecule has 0 N–H and O–H groups in total. The summed E-state index contributed by atoms with van der Waals surface area (Å²) in [6, 6.07) is 4.35. The highest BCUT2D eigenvalue weighted by Gasteiger charge is 2.20. The maximum Gasteiger partial charge on any atom is 0.230 e. The summed E-state index contributed by atoms with van der Waals surface area (Å²) in [4.78, 5) is 11.7. The lowest BCUT2D eigenvalue weighted by Crippen LogP contribution is -2.06. The van der Waals surface area contributed by atoms with Crippen molar-refractivity contribution in [3.05, 3.63) is 45.9 Å². The Morgan fingerprint density at radius 3 is 2.87 bits per heavy atom. The van der Waals surface area contributed by atoms with E-state index in [2.05, 4.69) is 15.9 Å². The van der Waals surface area contributed by atoms with E-state index in [0.717, 1.165) is 0 Å². The lowest BCUT2D eigenvalue weighted by molar-refractivity contribution is 0.0938. The summed E-state index contributed by atoms with van der Waals surface area (Å²) in [5, 5.41) is 0. The van der Waals surface area contributed by atoms with Gasteiger partial charge in [-0.1, -0.05) is 15.9 Å². The van der Waals surface area contributed by atoms with Gasteiger partial charge in [-0.05, 0) is 24.3 Å². The van der Waals surface area contributed by atoms with Gasteiger partial charge in [0.1, 0.15) is 5.82 Å². The van der Waals surface area contributed by atoms with E-state index in [4.69, 9.17) is 4.74 Å². The van der Waals surface area contributed by atoms with Crippen molar-refractivity contribution in [1.29, 1.82) is 0 Å². The van der Waals surface area contributed by atoms with Crippen LogP contribution in [0, 0.1) is 5.82 Å². The lowest BCUT2D eigenvalue weighted by Gasteiger charge is -2.04. The molecule has 0 bridgehead atoms. The summed E-state index contributed by atoms with van der Waals surface area (Å²) < 4.78 is 19.1. The zero-order valence-electron chi connectivity index (χ0n) is 7.80. The molecule has 0 aliphatic carbocycles. The van der Waals surface area contributed by atoms with Crippen LogP contribution in [-0.4, -0.2) is 12.4 Å². The number of rotatable bonds is 2. The molecule has 0 saturated carbocycles. The molecule has 78 valence electrons. The molecule has 0 unspecified atom stereocenters. The van der Waals surface area contributed by atoms with Crippen molar-refractivity contribution in [2.45, 2.75) is 6.42 Å². The fourth-order valence-corrected chi connectivity index (χ4v) is 1.72. The lowest BCUT2D eigenvalue weighted by atomic mass is 10.1. The highest BCUT2D eigenvalue weighted by Crippen LogP contribution is 2.20. The Bertz CT molecular complexity index is 440. The molecule has 1 heterocycles. The van der Waals surface area contributed by atoms with Crippen LogP contribution >= 0.6 is 15.9 Å². The molecular weight excluding hydrogens is 263 g/mol. The third kappa shape index (κ3) is 2.09. The number of allylic oxidation sites excluding steroid dienone is 1. The van der Waals surface area contributed by atoms with Crippen LogP contribution in [0.15, 0.2) is 34.5 Å². The second kappa shape index (κ2) is 4.14. The normalized spacial score (nSPS) is 14.7. The molecule has 2 nitrogen and oxygen atoms in total. The Morgan fingerprint density at radius 2 is 2.27 bits per heavy atom. The van der Waals surface area contributed by atoms with Crippen molar-refractivity contribution in [2.24, 2.45) is 0 Å². The molecule has 1 aliphatic heterocycles. The van der Waals surface area contributed by atoms with Crippen LogP contribution in [0.5, 0.6) is 0 Å². The van der Waals surface area contributed by atoms with Crippen LogP contribution in [0.25, 0.3) is 0 Å². The monoisotopic (exact) mass is 270 g/mol. The molecule has 1 aromatic carbocycles. The molecule has 4 heteroatoms. The fraction of sp³-hybridized carbons (Fsp3) is 0.182. The topological polar surface area (TPSA) is 26.3 Å². The van der Waals surface area contributed by atoms with Crippen molar-refractivity contribution >= 4 is 21.7 Å². The smallest absolute Gasteiger partial charge is 0.230 e. The third-order valence-electron chi connectivity index (χ3n) is 2.10. The van der Waals surface area contributed by atoms with E-state index in [9.17, 15) is 9.18 Å². The number of ether oxygens (including phenoxy) is 1. The van der Waals surface area contributed by atoms with Crippen molar-refractivity contribution in [1.82, 2.24) is 0 Å². The van der Waals surface area contributed by atoms with E-state index >= 15 is 0 Å². The Kier molecular flexibility index (Phi) is 2.86. The summed E-state index contributed by atoms with van der Waals surface area (Å²) in [7, 11) is 0. The fourth-order valence-electron chi connectivity index (χ4n) is 1.38. The minimum atomic E-state index is -0.536. The second-order valence-electron chi connectivity index (χ2n) is 3.16. The van der Waals surface area contributed by atoms with Crippen LogP contribution in [0.2, 0.25) is 0 Å². The Morgan fingerprint density at radius 1 is 1.47 bits per heavy atom. The van der Waals surface area contributed by atoms with E-state index in [0.29, 0.717) is 17.5 Å². The van der Waals surface area contributed by atoms with Gasteiger partial charge in [0.2, 0.25) is 5.78 Å². The summed E-state index contributed by atoms with van der Waals surface area (Å²) in [5.74, 6) is -0.681. The van der Waals surface area contributed by atoms with E-state index in [1.165, 1.54) is 12.1 Å². The molecule has 0 saturated heterocycles. The molecule has 0 fully saturated rings. The van der Waals surface area contributed by atoms with Gasteiger partial charge in [0, 0.05) is 10.9 Å². The largest absolute Gasteiger partial charge is 0.489 e. The van der Waals surface area contributed by atoms with Gasteiger partial charge in [-0.15, -0.1) is 0 Å². The zero-order chi connectivity index (χ0) is 10.8. The predicted octanol–water partition coefficient (Wildman–Crippen LogP) is 3.08. The molecule has 0 atom stereocenters. The number of Topliss-reactive ketones (excluding diaryl/α,β-unsaturated/α-hetero) is 1. The molecule has 0 radical (unpaired) electrons. The van der Waals surface area contributed by atoms with Gasteiger partial charge < -0.3 is 4.74 Å². The first-order chi connectivity index (χ1) is 7.18. The number of halogens is 2. The Hall–Kier alpha value is -1.16. The highest BCUT2D eigenvalue weighted by molar-refractivity contribution is 9.10. The maximum atomic E-state index is 13.4. The van der Waals surface area contributed by atoms with Crippen LogP contribution in [-0.2, 0) is 4.74 Å². The molecular formula is C11H8BrFO2. The first-order valence-corrected chi connectivity index (χ1v) is 5.30. The SMILES string of the molecule is O=C(C1=CCCO1)c1ccc(Br)cc1F. The number of ketones is 1. The Labute approximate surface area is 94.9 Å². The molecule has 2 rings (SSSR count). The summed E-state index contributed by atoms with van der Waals surface area (Å²) >= 11 is 3.13. The van der Waals surface area contributed by atoms with Crippen molar-refractivity contribution < 1.29 is 13.9 Å². The van der Waals surface area contributed by atoms with Gasteiger partial charge in [0.05, 0.1) is 12.2 Å². The summed E-state index contributed by atoms with van der Waals surface area (Å²) in [5.41, 5.74) is 0.0475. The molecule has 0 aromatic heterocycles. The second-order valence-corrected chi connectivity index (χ2v) is 4.07. The molecule has 1 aliphatic rings. The average Bonchev–Trinajstić information content (AvgIpc) is 2.69. The highest BCUT2D eigenvalue weighted by atomic mass is 79.9. The van der Waals surface area contributed by atoms with Gasteiger partial charge in [0.25, 0.3) is 0 Å². The number of hydrogen-bond acceptors (Lipinski definition) is 2. The predicted molar refractivity (Wildman–Crippen MR) is 57.1 cm³/mol. The van der Waals surface area contributed by atoms with Gasteiger partial charge in [-0.25, -0.2) is 4.39 Å². The van der Waals surface area contributed by atoms with E-state index in [-0.39, 0.29) is 11.3 Å². The van der Waals surface area contributed by atoms with Crippen molar-refractivity contribution in [2.75, 3.05) is 6.61 Å². The average molecular weight is 271 g/mol. The van der Waals surface area contributed by atoms with Crippen molar-refractivity contribution in [3.8, 4) is 0 Å². The molecule has 15 heavy (non-hydrogen) atoms. The number of benzene rings is 1. The van der Waals surface area contributed by atoms with Gasteiger partial charge in [-0.3, -0.25) is 4.79 Å². The zero-order valence-corrected chi connectivity index (χ0v) is 9.38. The summed E-state index contributed by atoms with van der Waals surface area (Å²) in [6.07, 6.45) is 2.39. The van der Waals surface area contributed by atoms with Crippen LogP contribution in [0.3, 0.4) is 0 Å². The van der Waals surface area contributed by atoms with E-state index in [1.54, 1.807) is 12.1 Å². The number of hydrogen-bond donors (Lipinski definition) is 0. The molecule has 0 amide bonds. The number of carbonyl (C=O) groups excluding carboxylic acids is 1. The molecule has 1 aromatic rings. The first-order valence-electron chi connectivity index (χ1n) is 4.51. The summed E-state index contributed by atoms with van der Waals surface area (Å²) in [6.45, 7) is 0.499. The third-order valence-corrected chi connectivity index (χ3v) is 2.60. The van der Waals surface area contributed by atoms with E-state index < -0.39 is 11.6 Å². The Balaban J connectivity index is 2.33. The van der Waals surface area contributed by atoms with Crippen LogP contribution in [0.1, 0.15) is 16.8 Å². The van der Waals surface area contributed by atoms with E-state index in [1.807, 2.05) is 0 Å². The number of carbonyl (C=O) groups is 1. The van der Waals surface area contributed by atoms with Crippen LogP contribution in [0.4, 0.5) is 4.39 Å². The van der Waals surface area contributed by atoms with Gasteiger partial charge in [-0.2, -0.15) is 0 Å². The van der Waals surface area contributed by atoms with Gasteiger partial charge in [0.15, 0.2) is 5.76 Å².